The average molecular weight is 747 g/mol. The SMILES string of the molecule is c1ccc(-c2nc(-c3cccc4oc5ccccc5c34)nc(-c3cc(N(c4ccccc4)c4cccc5oc6ccccc6c45)cc4oc5ccccc5c34)n2)cc1. The first kappa shape index (κ1) is 32.2. The third-order valence-corrected chi connectivity index (χ3v) is 10.9. The zero-order chi connectivity index (χ0) is 38.2. The average Bonchev–Trinajstić information content (AvgIpc) is 3.98. The monoisotopic (exact) mass is 746 g/mol. The number of hydrogen-bond donors (Lipinski definition) is 0. The third-order valence-electron chi connectivity index (χ3n) is 10.9. The van der Waals surface area contributed by atoms with Crippen molar-refractivity contribution in [2.24, 2.45) is 0 Å². The van der Waals surface area contributed by atoms with Gasteiger partial charge in [0.15, 0.2) is 17.5 Å². The number of fused-ring (bicyclic) bond motifs is 9. The van der Waals surface area contributed by atoms with Crippen LogP contribution in [-0.2, 0) is 0 Å². The highest BCUT2D eigenvalue weighted by Gasteiger charge is 2.25. The molecule has 0 N–H and O–H groups in total. The summed E-state index contributed by atoms with van der Waals surface area (Å²) in [6.45, 7) is 0. The van der Waals surface area contributed by atoms with Crippen molar-refractivity contribution >= 4 is 82.9 Å². The van der Waals surface area contributed by atoms with Crippen LogP contribution in [0.5, 0.6) is 0 Å². The topological polar surface area (TPSA) is 81.3 Å². The van der Waals surface area contributed by atoms with Gasteiger partial charge in [-0.15, -0.1) is 0 Å². The summed E-state index contributed by atoms with van der Waals surface area (Å²) in [5.74, 6) is 1.63. The molecule has 0 saturated carbocycles. The van der Waals surface area contributed by atoms with Gasteiger partial charge in [-0.1, -0.05) is 121 Å². The molecule has 272 valence electrons. The Hall–Kier alpha value is -8.03. The van der Waals surface area contributed by atoms with E-state index in [-0.39, 0.29) is 0 Å². The molecule has 0 radical (unpaired) electrons. The maximum atomic E-state index is 6.72. The van der Waals surface area contributed by atoms with E-state index in [1.54, 1.807) is 0 Å². The molecule has 7 nitrogen and oxygen atoms in total. The summed E-state index contributed by atoms with van der Waals surface area (Å²) >= 11 is 0. The predicted octanol–water partition coefficient (Wildman–Crippen LogP) is 14.0. The number of nitrogens with zero attached hydrogens (tertiary/aromatic N) is 4. The van der Waals surface area contributed by atoms with Gasteiger partial charge in [0.25, 0.3) is 0 Å². The van der Waals surface area contributed by atoms with E-state index in [1.165, 1.54) is 0 Å². The molecule has 7 heteroatoms. The molecule has 12 aromatic rings. The predicted molar refractivity (Wildman–Crippen MR) is 233 cm³/mol. The standard InChI is InChI=1S/C51H30N4O3/c1-3-15-31(16-4-1)49-52-50(37-22-13-27-43-46(37)34-19-7-10-24-40(34)56-43)54-51(53-49)38-29-33(30-45-47(38)35-20-8-11-25-41(35)58-45)55(32-17-5-2-6-18-32)39-23-14-28-44-48(39)36-21-9-12-26-42(36)57-44/h1-30H. The zero-order valence-corrected chi connectivity index (χ0v) is 30.8. The summed E-state index contributed by atoms with van der Waals surface area (Å²) in [5, 5.41) is 5.90. The minimum Gasteiger partial charge on any atom is -0.456 e. The van der Waals surface area contributed by atoms with E-state index < -0.39 is 0 Å². The Bertz CT molecular complexity index is 3530. The van der Waals surface area contributed by atoms with Crippen LogP contribution in [0.25, 0.3) is 100.0 Å². The van der Waals surface area contributed by atoms with Crippen LogP contribution in [0.2, 0.25) is 0 Å². The van der Waals surface area contributed by atoms with Crippen LogP contribution < -0.4 is 4.90 Å². The number of furan rings is 3. The van der Waals surface area contributed by atoms with Crippen LogP contribution in [0.4, 0.5) is 17.1 Å². The largest absolute Gasteiger partial charge is 0.456 e. The molecule has 8 aromatic carbocycles. The van der Waals surface area contributed by atoms with E-state index in [0.29, 0.717) is 23.1 Å². The van der Waals surface area contributed by atoms with Crippen LogP contribution in [-0.4, -0.2) is 15.0 Å². The van der Waals surface area contributed by atoms with E-state index >= 15 is 0 Å². The van der Waals surface area contributed by atoms with Crippen molar-refractivity contribution < 1.29 is 13.3 Å². The van der Waals surface area contributed by atoms with Gasteiger partial charge < -0.3 is 18.2 Å². The third kappa shape index (κ3) is 5.04. The van der Waals surface area contributed by atoms with E-state index in [4.69, 9.17) is 28.2 Å². The Morgan fingerprint density at radius 2 is 0.810 bits per heavy atom. The van der Waals surface area contributed by atoms with Crippen molar-refractivity contribution in [1.82, 2.24) is 15.0 Å². The summed E-state index contributed by atoms with van der Waals surface area (Å²) in [5.41, 5.74) is 10.1. The Balaban J connectivity index is 1.18. The van der Waals surface area contributed by atoms with Gasteiger partial charge in [-0.3, -0.25) is 0 Å². The maximum absolute atomic E-state index is 6.72. The van der Waals surface area contributed by atoms with Gasteiger partial charge in [0.2, 0.25) is 0 Å². The lowest BCUT2D eigenvalue weighted by Crippen LogP contribution is -2.10. The number of rotatable bonds is 6. The Morgan fingerprint density at radius 1 is 0.328 bits per heavy atom. The minimum absolute atomic E-state index is 0.520. The van der Waals surface area contributed by atoms with Gasteiger partial charge in [-0.25, -0.2) is 15.0 Å². The second-order valence-corrected chi connectivity index (χ2v) is 14.3. The fraction of sp³-hybridized carbons (Fsp3) is 0. The minimum atomic E-state index is 0.520. The second-order valence-electron chi connectivity index (χ2n) is 14.3. The number of para-hydroxylation sites is 4. The van der Waals surface area contributed by atoms with Gasteiger partial charge in [-0.05, 0) is 54.6 Å². The van der Waals surface area contributed by atoms with Gasteiger partial charge in [0.05, 0.1) is 16.8 Å². The van der Waals surface area contributed by atoms with Crippen LogP contribution in [0.15, 0.2) is 195 Å². The molecule has 0 atom stereocenters. The molecule has 0 unspecified atom stereocenters. The van der Waals surface area contributed by atoms with Gasteiger partial charge >= 0.3 is 0 Å². The Kier molecular flexibility index (Phi) is 7.09. The molecule has 0 saturated heterocycles. The lowest BCUT2D eigenvalue weighted by atomic mass is 10.0. The zero-order valence-electron chi connectivity index (χ0n) is 30.8. The molecular weight excluding hydrogens is 717 g/mol. The van der Waals surface area contributed by atoms with Crippen LogP contribution >= 0.6 is 0 Å². The lowest BCUT2D eigenvalue weighted by Gasteiger charge is -2.26. The summed E-state index contributed by atoms with van der Waals surface area (Å²) < 4.78 is 19.4. The highest BCUT2D eigenvalue weighted by Crippen LogP contribution is 2.47. The molecule has 0 aliphatic heterocycles. The van der Waals surface area contributed by atoms with Crippen molar-refractivity contribution in [3.63, 3.8) is 0 Å². The normalized spacial score (nSPS) is 11.8. The van der Waals surface area contributed by atoms with E-state index in [1.807, 2.05) is 109 Å². The van der Waals surface area contributed by atoms with Crippen LogP contribution in [0.1, 0.15) is 0 Å². The van der Waals surface area contributed by atoms with Crippen molar-refractivity contribution in [1.29, 1.82) is 0 Å². The number of benzene rings is 8. The fourth-order valence-electron chi connectivity index (χ4n) is 8.39. The van der Waals surface area contributed by atoms with Crippen molar-refractivity contribution in [2.45, 2.75) is 0 Å². The van der Waals surface area contributed by atoms with Crippen molar-refractivity contribution in [2.75, 3.05) is 4.90 Å². The van der Waals surface area contributed by atoms with Gasteiger partial charge in [-0.2, -0.15) is 0 Å². The molecule has 0 aliphatic carbocycles. The first-order valence-corrected chi connectivity index (χ1v) is 19.2. The summed E-state index contributed by atoms with van der Waals surface area (Å²) in [6.07, 6.45) is 0. The Morgan fingerprint density at radius 3 is 1.48 bits per heavy atom. The number of hydrogen-bond acceptors (Lipinski definition) is 7. The van der Waals surface area contributed by atoms with Crippen molar-refractivity contribution in [3.05, 3.63) is 182 Å². The van der Waals surface area contributed by atoms with E-state index in [0.717, 1.165) is 94.0 Å². The molecule has 4 heterocycles. The molecule has 4 aromatic heterocycles. The molecule has 58 heavy (non-hydrogen) atoms. The van der Waals surface area contributed by atoms with Crippen LogP contribution in [0, 0.1) is 0 Å². The second kappa shape index (κ2) is 12.8. The molecule has 0 aliphatic rings. The molecular formula is C51H30N4O3. The fourth-order valence-corrected chi connectivity index (χ4v) is 8.39. The summed E-state index contributed by atoms with van der Waals surface area (Å²) in [4.78, 5) is 18.1. The maximum Gasteiger partial charge on any atom is 0.164 e. The molecule has 0 fully saturated rings. The highest BCUT2D eigenvalue weighted by molar-refractivity contribution is 6.16. The molecule has 0 spiro atoms. The molecule has 0 bridgehead atoms. The highest BCUT2D eigenvalue weighted by atomic mass is 16.3. The lowest BCUT2D eigenvalue weighted by molar-refractivity contribution is 0.668. The molecule has 12 rings (SSSR count). The smallest absolute Gasteiger partial charge is 0.164 e. The number of anilines is 3. The quantitative estimate of drug-likeness (QED) is 0.168. The summed E-state index contributed by atoms with van der Waals surface area (Å²) in [7, 11) is 0. The first-order valence-electron chi connectivity index (χ1n) is 19.2. The van der Waals surface area contributed by atoms with Gasteiger partial charge in [0.1, 0.15) is 33.5 Å². The Labute approximate surface area is 331 Å². The molecule has 0 amide bonds. The van der Waals surface area contributed by atoms with E-state index in [2.05, 4.69) is 77.7 Å². The van der Waals surface area contributed by atoms with Crippen molar-refractivity contribution in [3.8, 4) is 34.2 Å². The first-order chi connectivity index (χ1) is 28.7. The van der Waals surface area contributed by atoms with Crippen LogP contribution in [0.3, 0.4) is 0 Å². The summed E-state index contributed by atoms with van der Waals surface area (Å²) in [6, 6.07) is 61.4. The van der Waals surface area contributed by atoms with E-state index in [9.17, 15) is 0 Å². The number of aromatic nitrogens is 3. The van der Waals surface area contributed by atoms with Gasteiger partial charge in [0, 0.05) is 55.4 Å².